The average molecular weight is 506 g/mol. The van der Waals surface area contributed by atoms with Gasteiger partial charge in [-0.3, -0.25) is 28.8 Å². The quantitative estimate of drug-likeness (QED) is 0.205. The zero-order valence-electron chi connectivity index (χ0n) is 20.0. The number of phenols is 1. The Balaban J connectivity index is 2.02. The molecule has 5 amide bonds. The number of rotatable bonds is 11. The van der Waals surface area contributed by atoms with Gasteiger partial charge < -0.3 is 36.8 Å². The van der Waals surface area contributed by atoms with Gasteiger partial charge in [-0.05, 0) is 37.5 Å². The van der Waals surface area contributed by atoms with Crippen LogP contribution in [0, 0.1) is 0 Å². The maximum absolute atomic E-state index is 12.9. The molecule has 0 aromatic heterocycles. The van der Waals surface area contributed by atoms with E-state index in [9.17, 15) is 33.9 Å². The molecule has 0 saturated carbocycles. The lowest BCUT2D eigenvalue weighted by molar-refractivity contribution is -0.146. The van der Waals surface area contributed by atoms with Gasteiger partial charge in [-0.25, -0.2) is 0 Å². The fourth-order valence-electron chi connectivity index (χ4n) is 3.89. The van der Waals surface area contributed by atoms with E-state index in [0.29, 0.717) is 12.0 Å². The van der Waals surface area contributed by atoms with Crippen molar-refractivity contribution in [1.29, 1.82) is 0 Å². The van der Waals surface area contributed by atoms with E-state index in [2.05, 4.69) is 16.0 Å². The molecule has 0 radical (unpaired) electrons. The Morgan fingerprint density at radius 2 is 1.69 bits per heavy atom. The van der Waals surface area contributed by atoms with Crippen molar-refractivity contribution in [3.05, 3.63) is 29.8 Å². The van der Waals surface area contributed by atoms with Crippen LogP contribution >= 0.6 is 0 Å². The minimum atomic E-state index is -1.33. The molecule has 0 bridgehead atoms. The summed E-state index contributed by atoms with van der Waals surface area (Å²) in [6, 6.07) is 1.58. The Hall–Kier alpha value is -4.16. The summed E-state index contributed by atoms with van der Waals surface area (Å²) >= 11 is 0. The number of primary amides is 1. The highest BCUT2D eigenvalue weighted by molar-refractivity contribution is 5.96. The van der Waals surface area contributed by atoms with Crippen molar-refractivity contribution in [2.45, 2.75) is 63.7 Å². The van der Waals surface area contributed by atoms with Crippen LogP contribution in [0.1, 0.15) is 38.7 Å². The molecule has 1 aliphatic rings. The van der Waals surface area contributed by atoms with Gasteiger partial charge in [0.15, 0.2) is 0 Å². The van der Waals surface area contributed by atoms with Crippen LogP contribution in [0.4, 0.5) is 0 Å². The molecule has 0 spiro atoms. The van der Waals surface area contributed by atoms with E-state index < -0.39 is 66.1 Å². The van der Waals surface area contributed by atoms with Gasteiger partial charge in [0.05, 0.1) is 6.42 Å². The second-order valence-electron chi connectivity index (χ2n) is 8.61. The summed E-state index contributed by atoms with van der Waals surface area (Å²) < 4.78 is 0. The summed E-state index contributed by atoms with van der Waals surface area (Å²) in [5, 5.41) is 25.7. The van der Waals surface area contributed by atoms with E-state index in [0.717, 1.165) is 6.92 Å². The Bertz CT molecular complexity index is 996. The van der Waals surface area contributed by atoms with E-state index in [-0.39, 0.29) is 25.1 Å². The number of phenolic OH excluding ortho intramolecular Hbond substituents is 1. The molecule has 1 saturated heterocycles. The highest BCUT2D eigenvalue weighted by Gasteiger charge is 2.39. The van der Waals surface area contributed by atoms with Crippen LogP contribution in [0.15, 0.2) is 24.3 Å². The van der Waals surface area contributed by atoms with Crippen molar-refractivity contribution in [3.63, 3.8) is 0 Å². The highest BCUT2D eigenvalue weighted by atomic mass is 16.4. The van der Waals surface area contributed by atoms with Gasteiger partial charge in [-0.1, -0.05) is 12.1 Å². The van der Waals surface area contributed by atoms with Crippen LogP contribution in [-0.2, 0) is 35.2 Å². The van der Waals surface area contributed by atoms with E-state index >= 15 is 0 Å². The second kappa shape index (κ2) is 12.5. The third kappa shape index (κ3) is 7.96. The number of nitrogens with two attached hydrogens (primary N) is 1. The topological polar surface area (TPSA) is 208 Å². The molecule has 196 valence electrons. The Kier molecular flexibility index (Phi) is 9.76. The molecular formula is C23H31N5O8. The lowest BCUT2D eigenvalue weighted by atomic mass is 10.0. The maximum Gasteiger partial charge on any atom is 0.305 e. The fraction of sp³-hybridized carbons (Fsp3) is 0.478. The fourth-order valence-corrected chi connectivity index (χ4v) is 3.89. The molecular weight excluding hydrogens is 474 g/mol. The normalized spacial score (nSPS) is 17.4. The predicted octanol–water partition coefficient (Wildman–Crippen LogP) is -1.62. The maximum atomic E-state index is 12.9. The van der Waals surface area contributed by atoms with Crippen LogP contribution in [0.2, 0.25) is 0 Å². The molecule has 7 N–H and O–H groups in total. The summed E-state index contributed by atoms with van der Waals surface area (Å²) in [6.07, 6.45) is 0.190. The lowest BCUT2D eigenvalue weighted by Crippen LogP contribution is -2.57. The van der Waals surface area contributed by atoms with Crippen LogP contribution in [-0.4, -0.2) is 81.3 Å². The largest absolute Gasteiger partial charge is 0.508 e. The van der Waals surface area contributed by atoms with E-state index in [4.69, 9.17) is 10.8 Å². The highest BCUT2D eigenvalue weighted by Crippen LogP contribution is 2.20. The molecule has 0 unspecified atom stereocenters. The first-order chi connectivity index (χ1) is 16.9. The number of carbonyl (C=O) groups excluding carboxylic acids is 5. The third-order valence-corrected chi connectivity index (χ3v) is 5.68. The number of carboxylic acids is 1. The van der Waals surface area contributed by atoms with Crippen molar-refractivity contribution >= 4 is 35.5 Å². The Morgan fingerprint density at radius 1 is 1.06 bits per heavy atom. The summed E-state index contributed by atoms with van der Waals surface area (Å²) in [5.74, 6) is -4.63. The average Bonchev–Trinajstić information content (AvgIpc) is 3.28. The van der Waals surface area contributed by atoms with Gasteiger partial charge in [0.25, 0.3) is 0 Å². The minimum absolute atomic E-state index is 0.0422. The standard InChI is InChI=1S/C23H31N5O8/c1-12(21(34)27-16(20(24)33)10-14-5-7-15(30)8-6-14)25-22(35)18-4-3-9-28(18)23(36)17(11-19(31)32)26-13(2)29/h5-8,12,16-18,30H,3-4,9-11H2,1-2H3,(H2,24,33)(H,25,35)(H,26,29)(H,27,34)(H,31,32)/t12-,16+,17+,18+/m1/s1. The molecule has 1 aromatic rings. The van der Waals surface area contributed by atoms with Crippen LogP contribution in [0.25, 0.3) is 0 Å². The van der Waals surface area contributed by atoms with Crippen LogP contribution in [0.3, 0.4) is 0 Å². The molecule has 13 heteroatoms. The number of hydrogen-bond acceptors (Lipinski definition) is 7. The summed E-state index contributed by atoms with van der Waals surface area (Å²) in [7, 11) is 0. The first-order valence-corrected chi connectivity index (χ1v) is 11.4. The van der Waals surface area contributed by atoms with E-state index in [1.165, 1.54) is 24.0 Å². The molecule has 4 atom stereocenters. The van der Waals surface area contributed by atoms with Crippen molar-refractivity contribution in [2.75, 3.05) is 6.54 Å². The van der Waals surface area contributed by atoms with Crippen molar-refractivity contribution in [1.82, 2.24) is 20.9 Å². The molecule has 1 aromatic carbocycles. The Morgan fingerprint density at radius 3 is 2.25 bits per heavy atom. The zero-order valence-corrected chi connectivity index (χ0v) is 20.0. The molecule has 1 aliphatic heterocycles. The minimum Gasteiger partial charge on any atom is -0.508 e. The lowest BCUT2D eigenvalue weighted by Gasteiger charge is -2.29. The molecule has 13 nitrogen and oxygen atoms in total. The van der Waals surface area contributed by atoms with Gasteiger partial charge in [0.2, 0.25) is 29.5 Å². The zero-order chi connectivity index (χ0) is 27.0. The molecule has 2 rings (SSSR count). The molecule has 36 heavy (non-hydrogen) atoms. The van der Waals surface area contributed by atoms with Gasteiger partial charge in [-0.2, -0.15) is 0 Å². The number of aliphatic carboxylic acids is 1. The van der Waals surface area contributed by atoms with Crippen LogP contribution in [0.5, 0.6) is 5.75 Å². The van der Waals surface area contributed by atoms with Crippen LogP contribution < -0.4 is 21.7 Å². The van der Waals surface area contributed by atoms with E-state index in [1.54, 1.807) is 12.1 Å². The second-order valence-corrected chi connectivity index (χ2v) is 8.61. The monoisotopic (exact) mass is 505 g/mol. The summed E-state index contributed by atoms with van der Waals surface area (Å²) in [4.78, 5) is 74.0. The van der Waals surface area contributed by atoms with Crippen molar-refractivity contribution in [2.24, 2.45) is 5.73 Å². The summed E-state index contributed by atoms with van der Waals surface area (Å²) in [6.45, 7) is 2.73. The Labute approximate surface area is 207 Å². The van der Waals surface area contributed by atoms with Gasteiger partial charge >= 0.3 is 5.97 Å². The molecule has 1 fully saturated rings. The summed E-state index contributed by atoms with van der Waals surface area (Å²) in [5.41, 5.74) is 6.05. The number of likely N-dealkylation sites (tertiary alicyclic amines) is 1. The predicted molar refractivity (Wildman–Crippen MR) is 125 cm³/mol. The molecule has 0 aliphatic carbocycles. The van der Waals surface area contributed by atoms with Gasteiger partial charge in [0.1, 0.15) is 29.9 Å². The number of nitrogens with zero attached hydrogens (tertiary/aromatic N) is 1. The van der Waals surface area contributed by atoms with Crippen molar-refractivity contribution in [3.8, 4) is 5.75 Å². The van der Waals surface area contributed by atoms with Crippen molar-refractivity contribution < 1.29 is 39.0 Å². The number of amides is 5. The first kappa shape index (κ1) is 28.1. The first-order valence-electron chi connectivity index (χ1n) is 11.4. The molecule has 1 heterocycles. The van der Waals surface area contributed by atoms with Gasteiger partial charge in [-0.15, -0.1) is 0 Å². The number of nitrogens with one attached hydrogen (secondary N) is 3. The smallest absolute Gasteiger partial charge is 0.305 e. The number of aromatic hydroxyl groups is 1. The van der Waals surface area contributed by atoms with Gasteiger partial charge in [0, 0.05) is 19.9 Å². The number of hydrogen-bond donors (Lipinski definition) is 6. The van der Waals surface area contributed by atoms with E-state index in [1.807, 2.05) is 0 Å². The SMILES string of the molecule is CC(=O)N[C@@H](CC(=O)O)C(=O)N1CCC[C@H]1C(=O)N[C@H](C)C(=O)N[C@@H](Cc1ccc(O)cc1)C(N)=O. The number of benzene rings is 1. The third-order valence-electron chi connectivity index (χ3n) is 5.68. The number of carbonyl (C=O) groups is 6. The number of carboxylic acid groups (broad SMARTS) is 1.